The van der Waals surface area contributed by atoms with Crippen molar-refractivity contribution in [2.24, 2.45) is 13.0 Å². The minimum Gasteiger partial charge on any atom is -0.481 e. The van der Waals surface area contributed by atoms with E-state index in [2.05, 4.69) is 20.8 Å². The molecular formula is C13H21N5O3. The predicted molar refractivity (Wildman–Crippen MR) is 74.5 cm³/mol. The molecule has 116 valence electrons. The van der Waals surface area contributed by atoms with Crippen LogP contribution in [0.2, 0.25) is 0 Å². The van der Waals surface area contributed by atoms with E-state index in [1.807, 2.05) is 14.0 Å². The second-order valence-corrected chi connectivity index (χ2v) is 5.54. The number of aryl methyl sites for hydroxylation is 1. The molecule has 1 fully saturated rings. The third-order valence-electron chi connectivity index (χ3n) is 3.84. The molecule has 0 bridgehead atoms. The topological polar surface area (TPSA) is 109 Å². The summed E-state index contributed by atoms with van der Waals surface area (Å²) in [5, 5.41) is 22.4. The first-order valence-corrected chi connectivity index (χ1v) is 7.11. The zero-order valence-electron chi connectivity index (χ0n) is 12.2. The van der Waals surface area contributed by atoms with Crippen LogP contribution in [-0.2, 0) is 11.8 Å². The van der Waals surface area contributed by atoms with Crippen LogP contribution in [0, 0.1) is 5.92 Å². The number of rotatable bonds is 4. The van der Waals surface area contributed by atoms with Gasteiger partial charge in [0.05, 0.1) is 12.0 Å². The van der Waals surface area contributed by atoms with E-state index in [4.69, 9.17) is 5.11 Å². The van der Waals surface area contributed by atoms with E-state index < -0.39 is 5.97 Å². The van der Waals surface area contributed by atoms with E-state index >= 15 is 0 Å². The van der Waals surface area contributed by atoms with E-state index in [9.17, 15) is 9.59 Å². The van der Waals surface area contributed by atoms with Crippen molar-refractivity contribution in [3.05, 3.63) is 12.2 Å². The molecule has 1 aromatic heterocycles. The highest BCUT2D eigenvalue weighted by Crippen LogP contribution is 2.24. The number of carboxylic acids is 1. The van der Waals surface area contributed by atoms with Crippen LogP contribution in [0.1, 0.15) is 44.5 Å². The molecule has 1 aromatic rings. The van der Waals surface area contributed by atoms with Crippen molar-refractivity contribution in [2.45, 2.75) is 44.7 Å². The summed E-state index contributed by atoms with van der Waals surface area (Å²) < 4.78 is 1.74. The van der Waals surface area contributed by atoms with Crippen molar-refractivity contribution < 1.29 is 14.7 Å². The van der Waals surface area contributed by atoms with Crippen LogP contribution in [0.5, 0.6) is 0 Å². The second kappa shape index (κ2) is 6.55. The third kappa shape index (κ3) is 3.93. The molecule has 3 atom stereocenters. The Hall–Kier alpha value is -2.12. The van der Waals surface area contributed by atoms with Gasteiger partial charge < -0.3 is 20.3 Å². The van der Waals surface area contributed by atoms with Gasteiger partial charge in [-0.3, -0.25) is 4.79 Å². The minimum atomic E-state index is -0.783. The number of nitrogens with zero attached hydrogens (tertiary/aromatic N) is 3. The van der Waals surface area contributed by atoms with Crippen molar-refractivity contribution >= 4 is 12.0 Å². The second-order valence-electron chi connectivity index (χ2n) is 5.54. The SMILES string of the molecule is CC(NC(=O)NC1CCCC(C(=O)O)C1)c1nncn1C. The number of urea groups is 1. The fourth-order valence-electron chi connectivity index (χ4n) is 2.72. The fourth-order valence-corrected chi connectivity index (χ4v) is 2.72. The quantitative estimate of drug-likeness (QED) is 0.762. The van der Waals surface area contributed by atoms with Gasteiger partial charge in [0.1, 0.15) is 6.33 Å². The van der Waals surface area contributed by atoms with Gasteiger partial charge in [-0.15, -0.1) is 10.2 Å². The number of aromatic nitrogens is 3. The van der Waals surface area contributed by atoms with Crippen molar-refractivity contribution in [3.63, 3.8) is 0 Å². The number of hydrogen-bond donors (Lipinski definition) is 3. The van der Waals surface area contributed by atoms with Crippen LogP contribution in [0.15, 0.2) is 6.33 Å². The van der Waals surface area contributed by atoms with E-state index in [1.165, 1.54) is 0 Å². The van der Waals surface area contributed by atoms with Crippen molar-refractivity contribution in [1.82, 2.24) is 25.4 Å². The molecule has 0 spiro atoms. The van der Waals surface area contributed by atoms with E-state index in [0.29, 0.717) is 18.7 Å². The summed E-state index contributed by atoms with van der Waals surface area (Å²) in [4.78, 5) is 23.0. The summed E-state index contributed by atoms with van der Waals surface area (Å²) in [6.07, 6.45) is 4.38. The number of nitrogens with one attached hydrogen (secondary N) is 2. The molecule has 8 nitrogen and oxygen atoms in total. The molecule has 21 heavy (non-hydrogen) atoms. The van der Waals surface area contributed by atoms with Crippen molar-refractivity contribution in [1.29, 1.82) is 0 Å². The van der Waals surface area contributed by atoms with Crippen LogP contribution in [0.4, 0.5) is 4.79 Å². The molecule has 2 rings (SSSR count). The molecule has 3 N–H and O–H groups in total. The molecule has 0 radical (unpaired) electrons. The van der Waals surface area contributed by atoms with Crippen LogP contribution < -0.4 is 10.6 Å². The molecule has 1 saturated carbocycles. The summed E-state index contributed by atoms with van der Waals surface area (Å²) in [6, 6.07) is -0.663. The molecule has 8 heteroatoms. The maximum absolute atomic E-state index is 12.0. The van der Waals surface area contributed by atoms with Gasteiger partial charge in [0, 0.05) is 13.1 Å². The first-order valence-electron chi connectivity index (χ1n) is 7.11. The van der Waals surface area contributed by atoms with Crippen molar-refractivity contribution in [3.8, 4) is 0 Å². The normalized spacial score (nSPS) is 23.3. The Kier molecular flexibility index (Phi) is 4.77. The van der Waals surface area contributed by atoms with Gasteiger partial charge in [-0.2, -0.15) is 0 Å². The Labute approximate surface area is 122 Å². The smallest absolute Gasteiger partial charge is 0.315 e. The Morgan fingerprint density at radius 1 is 1.48 bits per heavy atom. The Morgan fingerprint density at radius 2 is 2.24 bits per heavy atom. The Bertz CT molecular complexity index is 516. The lowest BCUT2D eigenvalue weighted by Crippen LogP contribution is -2.45. The number of amides is 2. The van der Waals surface area contributed by atoms with Gasteiger partial charge in [-0.25, -0.2) is 4.79 Å². The standard InChI is InChI=1S/C13H21N5O3/c1-8(11-17-14-7-18(11)2)15-13(21)16-10-5-3-4-9(6-10)12(19)20/h7-10H,3-6H2,1-2H3,(H,19,20)(H2,15,16,21). The largest absolute Gasteiger partial charge is 0.481 e. The highest BCUT2D eigenvalue weighted by Gasteiger charge is 2.28. The lowest BCUT2D eigenvalue weighted by molar-refractivity contribution is -0.143. The number of hydrogen-bond acceptors (Lipinski definition) is 4. The monoisotopic (exact) mass is 295 g/mol. The van der Waals surface area contributed by atoms with Gasteiger partial charge in [-0.1, -0.05) is 6.42 Å². The zero-order chi connectivity index (χ0) is 15.4. The first kappa shape index (κ1) is 15.3. The summed E-state index contributed by atoms with van der Waals surface area (Å²) in [6.45, 7) is 1.82. The number of carboxylic acid groups (broad SMARTS) is 1. The summed E-state index contributed by atoms with van der Waals surface area (Å²) >= 11 is 0. The van der Waals surface area contributed by atoms with Crippen LogP contribution >= 0.6 is 0 Å². The third-order valence-corrected chi connectivity index (χ3v) is 3.84. The highest BCUT2D eigenvalue weighted by atomic mass is 16.4. The van der Waals surface area contributed by atoms with E-state index in [1.54, 1.807) is 10.9 Å². The van der Waals surface area contributed by atoms with Gasteiger partial charge >= 0.3 is 12.0 Å². The lowest BCUT2D eigenvalue weighted by Gasteiger charge is -2.27. The van der Waals surface area contributed by atoms with E-state index in [0.717, 1.165) is 12.8 Å². The average molecular weight is 295 g/mol. The van der Waals surface area contributed by atoms with Crippen molar-refractivity contribution in [2.75, 3.05) is 0 Å². The summed E-state index contributed by atoms with van der Waals surface area (Å²) in [7, 11) is 1.81. The van der Waals surface area contributed by atoms with Gasteiger partial charge in [0.15, 0.2) is 5.82 Å². The van der Waals surface area contributed by atoms with Crippen LogP contribution in [0.3, 0.4) is 0 Å². The molecule has 1 aliphatic carbocycles. The predicted octanol–water partition coefficient (Wildman–Crippen LogP) is 0.819. The van der Waals surface area contributed by atoms with Crippen LogP contribution in [0.25, 0.3) is 0 Å². The molecule has 3 unspecified atom stereocenters. The van der Waals surface area contributed by atoms with Crippen LogP contribution in [-0.4, -0.2) is 37.9 Å². The molecule has 0 saturated heterocycles. The zero-order valence-corrected chi connectivity index (χ0v) is 12.2. The summed E-state index contributed by atoms with van der Waals surface area (Å²) in [5.41, 5.74) is 0. The molecular weight excluding hydrogens is 274 g/mol. The van der Waals surface area contributed by atoms with Gasteiger partial charge in [0.2, 0.25) is 0 Å². The maximum Gasteiger partial charge on any atom is 0.315 e. The first-order chi connectivity index (χ1) is 9.97. The average Bonchev–Trinajstić information content (AvgIpc) is 2.85. The molecule has 2 amide bonds. The minimum absolute atomic E-state index is 0.0912. The Morgan fingerprint density at radius 3 is 2.86 bits per heavy atom. The van der Waals surface area contributed by atoms with Gasteiger partial charge in [0.25, 0.3) is 0 Å². The fraction of sp³-hybridized carbons (Fsp3) is 0.692. The molecule has 0 aliphatic heterocycles. The van der Waals surface area contributed by atoms with Gasteiger partial charge in [-0.05, 0) is 26.2 Å². The highest BCUT2D eigenvalue weighted by molar-refractivity contribution is 5.75. The molecule has 1 aliphatic rings. The van der Waals surface area contributed by atoms with E-state index in [-0.39, 0.29) is 24.0 Å². The molecule has 0 aromatic carbocycles. The maximum atomic E-state index is 12.0. The summed E-state index contributed by atoms with van der Waals surface area (Å²) in [5.74, 6) is -0.480. The Balaban J connectivity index is 1.84. The number of carbonyl (C=O) groups is 2. The number of carbonyl (C=O) groups excluding carboxylic acids is 1. The lowest BCUT2D eigenvalue weighted by atomic mass is 9.86. The molecule has 1 heterocycles. The number of aliphatic carboxylic acids is 1.